The lowest BCUT2D eigenvalue weighted by molar-refractivity contribution is -0.141. The van der Waals surface area contributed by atoms with Crippen LogP contribution < -0.4 is 14.8 Å². The summed E-state index contributed by atoms with van der Waals surface area (Å²) in [5, 5.41) is 12.1. The maximum Gasteiger partial charge on any atom is 0.307 e. The molecule has 0 amide bonds. The van der Waals surface area contributed by atoms with Gasteiger partial charge in [0.25, 0.3) is 0 Å². The zero-order valence-electron chi connectivity index (χ0n) is 12.3. The van der Waals surface area contributed by atoms with Crippen molar-refractivity contribution >= 4 is 5.97 Å². The van der Waals surface area contributed by atoms with Crippen LogP contribution in [-0.4, -0.2) is 38.4 Å². The van der Waals surface area contributed by atoms with Gasteiger partial charge in [-0.25, -0.2) is 0 Å². The van der Waals surface area contributed by atoms with Crippen LogP contribution in [0.15, 0.2) is 18.2 Å². The average molecular weight is 281 g/mol. The van der Waals surface area contributed by atoms with Crippen LogP contribution in [0.4, 0.5) is 0 Å². The highest BCUT2D eigenvalue weighted by atomic mass is 16.5. The number of aliphatic carboxylic acids is 1. The summed E-state index contributed by atoms with van der Waals surface area (Å²) in [6, 6.07) is 5.80. The van der Waals surface area contributed by atoms with E-state index < -0.39 is 5.97 Å². The maximum atomic E-state index is 10.9. The highest BCUT2D eigenvalue weighted by molar-refractivity contribution is 5.70. The van der Waals surface area contributed by atoms with E-state index in [9.17, 15) is 4.79 Å². The van der Waals surface area contributed by atoms with Crippen LogP contribution in [0.1, 0.15) is 18.9 Å². The van der Waals surface area contributed by atoms with Gasteiger partial charge in [-0.3, -0.25) is 4.79 Å². The summed E-state index contributed by atoms with van der Waals surface area (Å²) >= 11 is 0. The maximum absolute atomic E-state index is 10.9. The number of rotatable bonds is 9. The van der Waals surface area contributed by atoms with Crippen molar-refractivity contribution in [3.8, 4) is 11.5 Å². The molecule has 0 heterocycles. The number of carbonyl (C=O) groups is 1. The predicted molar refractivity (Wildman–Crippen MR) is 77.5 cm³/mol. The van der Waals surface area contributed by atoms with Gasteiger partial charge in [0.05, 0.1) is 20.1 Å². The van der Waals surface area contributed by atoms with E-state index in [1.165, 1.54) is 0 Å². The van der Waals surface area contributed by atoms with E-state index in [0.29, 0.717) is 24.5 Å². The molecule has 5 nitrogen and oxygen atoms in total. The molecule has 112 valence electrons. The number of hydrogen-bond donors (Lipinski definition) is 2. The Morgan fingerprint density at radius 2 is 2.00 bits per heavy atom. The van der Waals surface area contributed by atoms with Crippen molar-refractivity contribution in [2.75, 3.05) is 27.3 Å². The second-order valence-corrected chi connectivity index (χ2v) is 4.59. The minimum atomic E-state index is -0.744. The van der Waals surface area contributed by atoms with Crippen LogP contribution in [-0.2, 0) is 11.2 Å². The first-order chi connectivity index (χ1) is 9.62. The number of carboxylic acids is 1. The Labute approximate surface area is 119 Å². The fourth-order valence-electron chi connectivity index (χ4n) is 1.95. The Morgan fingerprint density at radius 1 is 1.30 bits per heavy atom. The SMILES string of the molecule is CC[C@@H](CNCCc1ccc(OC)c(OC)c1)C(=O)O. The van der Waals surface area contributed by atoms with Crippen LogP contribution in [0.3, 0.4) is 0 Å². The molecule has 0 saturated heterocycles. The Kier molecular flexibility index (Phi) is 6.87. The van der Waals surface area contributed by atoms with Crippen molar-refractivity contribution in [3.05, 3.63) is 23.8 Å². The highest BCUT2D eigenvalue weighted by Gasteiger charge is 2.13. The van der Waals surface area contributed by atoms with Crippen molar-refractivity contribution in [2.24, 2.45) is 5.92 Å². The molecule has 0 aliphatic heterocycles. The largest absolute Gasteiger partial charge is 0.493 e. The Morgan fingerprint density at radius 3 is 2.55 bits per heavy atom. The van der Waals surface area contributed by atoms with Crippen LogP contribution >= 0.6 is 0 Å². The molecule has 0 spiro atoms. The zero-order chi connectivity index (χ0) is 15.0. The summed E-state index contributed by atoms with van der Waals surface area (Å²) < 4.78 is 10.4. The van der Waals surface area contributed by atoms with E-state index in [1.54, 1.807) is 14.2 Å². The minimum absolute atomic E-state index is 0.319. The van der Waals surface area contributed by atoms with Gasteiger partial charge in [0, 0.05) is 6.54 Å². The molecule has 1 rings (SSSR count). The van der Waals surface area contributed by atoms with E-state index in [0.717, 1.165) is 18.5 Å². The molecule has 0 aliphatic carbocycles. The number of hydrogen-bond acceptors (Lipinski definition) is 4. The molecule has 0 saturated carbocycles. The summed E-state index contributed by atoms with van der Waals surface area (Å²) in [6.07, 6.45) is 1.45. The highest BCUT2D eigenvalue weighted by Crippen LogP contribution is 2.27. The van der Waals surface area contributed by atoms with Crippen molar-refractivity contribution in [1.29, 1.82) is 0 Å². The first kappa shape index (κ1) is 16.3. The van der Waals surface area contributed by atoms with Crippen LogP contribution in [0.5, 0.6) is 11.5 Å². The Bertz CT molecular complexity index is 434. The predicted octanol–water partition coefficient (Wildman–Crippen LogP) is 1.95. The first-order valence-corrected chi connectivity index (χ1v) is 6.76. The third kappa shape index (κ3) is 4.74. The molecule has 1 atom stereocenters. The van der Waals surface area contributed by atoms with Gasteiger partial charge in [-0.1, -0.05) is 13.0 Å². The summed E-state index contributed by atoms with van der Waals surface area (Å²) in [7, 11) is 3.22. The smallest absolute Gasteiger partial charge is 0.307 e. The average Bonchev–Trinajstić information content (AvgIpc) is 2.46. The summed E-state index contributed by atoms with van der Waals surface area (Å²) in [5.74, 6) is 0.356. The lowest BCUT2D eigenvalue weighted by Gasteiger charge is -2.12. The van der Waals surface area contributed by atoms with E-state index in [1.807, 2.05) is 25.1 Å². The summed E-state index contributed by atoms with van der Waals surface area (Å²) in [5.41, 5.74) is 1.12. The summed E-state index contributed by atoms with van der Waals surface area (Å²) in [4.78, 5) is 10.9. The molecule has 1 aromatic rings. The quantitative estimate of drug-likeness (QED) is 0.677. The molecule has 0 aliphatic rings. The number of benzene rings is 1. The molecular weight excluding hydrogens is 258 g/mol. The lowest BCUT2D eigenvalue weighted by atomic mass is 10.1. The third-order valence-electron chi connectivity index (χ3n) is 3.27. The molecule has 0 fully saturated rings. The molecule has 0 bridgehead atoms. The molecule has 0 unspecified atom stereocenters. The Hall–Kier alpha value is -1.75. The van der Waals surface area contributed by atoms with Crippen molar-refractivity contribution in [1.82, 2.24) is 5.32 Å². The van der Waals surface area contributed by atoms with E-state index in [-0.39, 0.29) is 5.92 Å². The number of carboxylic acid groups (broad SMARTS) is 1. The van der Waals surface area contributed by atoms with Gasteiger partial charge in [-0.05, 0) is 37.1 Å². The topological polar surface area (TPSA) is 67.8 Å². The molecule has 5 heteroatoms. The molecule has 2 N–H and O–H groups in total. The number of nitrogens with one attached hydrogen (secondary N) is 1. The van der Waals surface area contributed by atoms with Gasteiger partial charge >= 0.3 is 5.97 Å². The zero-order valence-corrected chi connectivity index (χ0v) is 12.3. The van der Waals surface area contributed by atoms with Crippen LogP contribution in [0, 0.1) is 5.92 Å². The van der Waals surface area contributed by atoms with E-state index in [2.05, 4.69) is 5.32 Å². The van der Waals surface area contributed by atoms with Gasteiger partial charge in [0.1, 0.15) is 0 Å². The van der Waals surface area contributed by atoms with Crippen LogP contribution in [0.25, 0.3) is 0 Å². The second kappa shape index (κ2) is 8.43. The van der Waals surface area contributed by atoms with Gasteiger partial charge in [0.2, 0.25) is 0 Å². The Balaban J connectivity index is 2.44. The fourth-order valence-corrected chi connectivity index (χ4v) is 1.95. The first-order valence-electron chi connectivity index (χ1n) is 6.76. The van der Waals surface area contributed by atoms with Gasteiger partial charge in [0.15, 0.2) is 11.5 Å². The van der Waals surface area contributed by atoms with E-state index >= 15 is 0 Å². The molecule has 0 radical (unpaired) electrons. The molecular formula is C15H23NO4. The summed E-state index contributed by atoms with van der Waals surface area (Å²) in [6.45, 7) is 3.12. The van der Waals surface area contributed by atoms with Gasteiger partial charge < -0.3 is 19.9 Å². The van der Waals surface area contributed by atoms with Gasteiger partial charge in [-0.15, -0.1) is 0 Å². The number of methoxy groups -OCH3 is 2. The normalized spacial score (nSPS) is 11.9. The van der Waals surface area contributed by atoms with Gasteiger partial charge in [-0.2, -0.15) is 0 Å². The van der Waals surface area contributed by atoms with Crippen molar-refractivity contribution < 1.29 is 19.4 Å². The minimum Gasteiger partial charge on any atom is -0.493 e. The molecule has 1 aromatic carbocycles. The van der Waals surface area contributed by atoms with Crippen molar-refractivity contribution in [3.63, 3.8) is 0 Å². The molecule has 20 heavy (non-hydrogen) atoms. The monoisotopic (exact) mass is 281 g/mol. The van der Waals surface area contributed by atoms with E-state index in [4.69, 9.17) is 14.6 Å². The standard InChI is InChI=1S/C15H23NO4/c1-4-12(15(17)18)10-16-8-7-11-5-6-13(19-2)14(9-11)20-3/h5-6,9,12,16H,4,7-8,10H2,1-3H3,(H,17,18)/t12-/m0/s1. The number of ether oxygens (including phenoxy) is 2. The van der Waals surface area contributed by atoms with Crippen LogP contribution in [0.2, 0.25) is 0 Å². The second-order valence-electron chi connectivity index (χ2n) is 4.59. The lowest BCUT2D eigenvalue weighted by Crippen LogP contribution is -2.29. The van der Waals surface area contributed by atoms with Crippen molar-refractivity contribution in [2.45, 2.75) is 19.8 Å². The molecule has 0 aromatic heterocycles. The third-order valence-corrected chi connectivity index (χ3v) is 3.27. The fraction of sp³-hybridized carbons (Fsp3) is 0.533.